The van der Waals surface area contributed by atoms with Crippen molar-refractivity contribution in [3.8, 4) is 33.6 Å². The molecule has 4 aliphatic rings. The Morgan fingerprint density at radius 2 is 1.37 bits per heavy atom. The smallest absolute Gasteiger partial charge is 0.136 e. The Morgan fingerprint density at radius 3 is 2.30 bits per heavy atom. The van der Waals surface area contributed by atoms with Crippen LogP contribution in [-0.4, -0.2) is 9.13 Å². The number of benzene rings is 6. The second kappa shape index (κ2) is 10.6. The lowest BCUT2D eigenvalue weighted by Crippen LogP contribution is -2.31. The Labute approximate surface area is 312 Å². The predicted molar refractivity (Wildman–Crippen MR) is 224 cm³/mol. The zero-order valence-corrected chi connectivity index (χ0v) is 30.0. The molecule has 0 amide bonds. The number of fused-ring (bicyclic) bond motifs is 11. The first-order valence-corrected chi connectivity index (χ1v) is 18.7. The molecule has 8 aromatic rings. The molecule has 254 valence electrons. The molecule has 0 bridgehead atoms. The third kappa shape index (κ3) is 4.01. The van der Waals surface area contributed by atoms with Crippen LogP contribution in [0.15, 0.2) is 168 Å². The quantitative estimate of drug-likeness (QED) is 0.181. The highest BCUT2D eigenvalue weighted by molar-refractivity contribution is 6.15. The van der Waals surface area contributed by atoms with Gasteiger partial charge in [-0.2, -0.15) is 0 Å². The number of rotatable bonds is 3. The molecule has 6 aromatic carbocycles. The summed E-state index contributed by atoms with van der Waals surface area (Å²) in [6.07, 6.45) is 9.28. The minimum absolute atomic E-state index is 0.141. The van der Waals surface area contributed by atoms with Gasteiger partial charge < -0.3 is 13.6 Å². The van der Waals surface area contributed by atoms with E-state index in [0.717, 1.165) is 33.3 Å². The largest absolute Gasteiger partial charge is 0.456 e. The third-order valence-corrected chi connectivity index (χ3v) is 12.0. The number of hydrogen-bond donors (Lipinski definition) is 0. The van der Waals surface area contributed by atoms with Gasteiger partial charge in [-0.15, -0.1) is 0 Å². The van der Waals surface area contributed by atoms with Crippen molar-refractivity contribution >= 4 is 61.5 Å². The topological polar surface area (TPSA) is 23.0 Å². The first-order valence-electron chi connectivity index (χ1n) is 18.7. The van der Waals surface area contributed by atoms with Gasteiger partial charge in [0.1, 0.15) is 11.2 Å². The van der Waals surface area contributed by atoms with Gasteiger partial charge in [0.25, 0.3) is 0 Å². The van der Waals surface area contributed by atoms with Crippen molar-refractivity contribution in [2.45, 2.75) is 19.3 Å². The maximum Gasteiger partial charge on any atom is 0.136 e. The Bertz CT molecular complexity index is 3350. The van der Waals surface area contributed by atoms with Crippen molar-refractivity contribution in [3.63, 3.8) is 0 Å². The summed E-state index contributed by atoms with van der Waals surface area (Å²) in [5, 5.41) is 7.40. The van der Waals surface area contributed by atoms with Crippen molar-refractivity contribution < 1.29 is 4.42 Å². The van der Waals surface area contributed by atoms with Crippen LogP contribution in [0.2, 0.25) is 0 Å². The van der Waals surface area contributed by atoms with Crippen molar-refractivity contribution in [1.29, 1.82) is 0 Å². The summed E-state index contributed by atoms with van der Waals surface area (Å²) in [6, 6.07) is 52.7. The molecule has 12 rings (SSSR count). The van der Waals surface area contributed by atoms with Crippen LogP contribution in [0, 0.1) is 0 Å². The number of furan rings is 1. The van der Waals surface area contributed by atoms with Crippen molar-refractivity contribution in [1.82, 2.24) is 9.13 Å². The van der Waals surface area contributed by atoms with E-state index in [1.54, 1.807) is 0 Å². The zero-order chi connectivity index (χ0) is 35.7. The van der Waals surface area contributed by atoms with E-state index in [2.05, 4.69) is 193 Å². The van der Waals surface area contributed by atoms with E-state index in [4.69, 9.17) is 4.42 Å². The Balaban J connectivity index is 1.02. The van der Waals surface area contributed by atoms with Crippen LogP contribution < -0.4 is 10.4 Å². The zero-order valence-electron chi connectivity index (χ0n) is 30.0. The molecule has 0 saturated carbocycles. The number of hydrogen-bond acceptors (Lipinski definition) is 1. The monoisotopic (exact) mass is 690 g/mol. The highest BCUT2D eigenvalue weighted by Gasteiger charge is 2.38. The summed E-state index contributed by atoms with van der Waals surface area (Å²) in [6.45, 7) is 4.78. The number of nitrogens with zero attached hydrogens (tertiary/aromatic N) is 2. The van der Waals surface area contributed by atoms with Gasteiger partial charge in [-0.25, -0.2) is 0 Å². The van der Waals surface area contributed by atoms with Crippen LogP contribution in [0.5, 0.6) is 0 Å². The molecule has 2 aromatic heterocycles. The lowest BCUT2D eigenvalue weighted by atomic mass is 9.70. The average Bonchev–Trinajstić information content (AvgIpc) is 3.96. The molecule has 3 heterocycles. The molecule has 0 radical (unpaired) electrons. The first-order chi connectivity index (χ1) is 26.5. The van der Waals surface area contributed by atoms with Crippen molar-refractivity contribution in [2.24, 2.45) is 0 Å². The number of para-hydroxylation sites is 2. The first kappa shape index (κ1) is 29.7. The molecule has 0 fully saturated rings. The lowest BCUT2D eigenvalue weighted by molar-refractivity contribution is 0.669. The Kier molecular flexibility index (Phi) is 5.84. The van der Waals surface area contributed by atoms with E-state index in [9.17, 15) is 0 Å². The van der Waals surface area contributed by atoms with E-state index in [1.807, 2.05) is 0 Å². The van der Waals surface area contributed by atoms with Gasteiger partial charge in [0.2, 0.25) is 0 Å². The van der Waals surface area contributed by atoms with Crippen LogP contribution in [0.25, 0.3) is 95.1 Å². The second-order valence-electron chi connectivity index (χ2n) is 15.4. The van der Waals surface area contributed by atoms with Crippen LogP contribution in [-0.2, 0) is 5.41 Å². The van der Waals surface area contributed by atoms with Crippen LogP contribution in [0.3, 0.4) is 0 Å². The SMILES string of the molecule is CC1(C)C2=c3ccccc3=CC2=Cc2cc3ccn(-c4ccc5oc6cccc(-c7ccc8c(c7)c7ccccc7n8-c7ccccc7)c6c5c4)cc-3c21. The standard InChI is InChI=1S/C51H34N2O/c1-51(2)49-34(25-31-11-6-7-14-39(31)49)27-35-26-33-23-24-52(30-43(33)50(35)51)37-20-22-46-42(29-37)48-38(16-10-18-47(48)54-46)32-19-21-45-41(28-32)40-15-8-9-17-44(40)53(45)36-12-4-3-5-13-36/h3-30H,1-2H3. The van der Waals surface area contributed by atoms with Gasteiger partial charge in [-0.3, -0.25) is 0 Å². The molecule has 3 heteroatoms. The normalized spacial score (nSPS) is 14.5. The predicted octanol–water partition coefficient (Wildman–Crippen LogP) is 11.6. The average molecular weight is 691 g/mol. The number of pyridine rings is 1. The van der Waals surface area contributed by atoms with Crippen LogP contribution >= 0.6 is 0 Å². The van der Waals surface area contributed by atoms with Gasteiger partial charge in [0.05, 0.1) is 11.0 Å². The fourth-order valence-corrected chi connectivity index (χ4v) is 9.77. The summed E-state index contributed by atoms with van der Waals surface area (Å²) >= 11 is 0. The minimum Gasteiger partial charge on any atom is -0.456 e. The molecule has 54 heavy (non-hydrogen) atoms. The molecule has 0 unspecified atom stereocenters. The fraction of sp³-hybridized carbons (Fsp3) is 0.0588. The van der Waals surface area contributed by atoms with Gasteiger partial charge in [0.15, 0.2) is 0 Å². The third-order valence-electron chi connectivity index (χ3n) is 12.0. The van der Waals surface area contributed by atoms with Crippen LogP contribution in [0.4, 0.5) is 0 Å². The molecule has 0 atom stereocenters. The number of allylic oxidation sites excluding steroid dienone is 1. The minimum atomic E-state index is -0.141. The summed E-state index contributed by atoms with van der Waals surface area (Å²) < 4.78 is 11.2. The van der Waals surface area contributed by atoms with Gasteiger partial charge in [-0.1, -0.05) is 92.7 Å². The van der Waals surface area contributed by atoms with Crippen molar-refractivity contribution in [2.75, 3.05) is 0 Å². The molecule has 0 saturated heterocycles. The molecule has 0 spiro atoms. The van der Waals surface area contributed by atoms with E-state index >= 15 is 0 Å². The van der Waals surface area contributed by atoms with Crippen molar-refractivity contribution in [3.05, 3.63) is 185 Å². The summed E-state index contributed by atoms with van der Waals surface area (Å²) in [5.74, 6) is 0. The Morgan fingerprint density at radius 1 is 0.556 bits per heavy atom. The summed E-state index contributed by atoms with van der Waals surface area (Å²) in [5.41, 5.74) is 16.7. The molecular weight excluding hydrogens is 657 g/mol. The fourth-order valence-electron chi connectivity index (χ4n) is 9.77. The highest BCUT2D eigenvalue weighted by Crippen LogP contribution is 2.51. The number of aromatic nitrogens is 2. The van der Waals surface area contributed by atoms with Gasteiger partial charge in [-0.05, 0) is 128 Å². The molecule has 3 aliphatic carbocycles. The molecule has 0 N–H and O–H groups in total. The van der Waals surface area contributed by atoms with E-state index < -0.39 is 0 Å². The highest BCUT2D eigenvalue weighted by atomic mass is 16.3. The maximum absolute atomic E-state index is 6.53. The molecule has 3 nitrogen and oxygen atoms in total. The van der Waals surface area contributed by atoms with E-state index in [1.165, 1.54) is 76.8 Å². The van der Waals surface area contributed by atoms with E-state index in [0.29, 0.717) is 0 Å². The maximum atomic E-state index is 6.53. The van der Waals surface area contributed by atoms with Gasteiger partial charge in [0, 0.05) is 56.3 Å². The molecular formula is C51H34N2O. The second-order valence-corrected chi connectivity index (χ2v) is 15.4. The lowest BCUT2D eigenvalue weighted by Gasteiger charge is -2.33. The molecule has 1 aliphatic heterocycles. The van der Waals surface area contributed by atoms with E-state index in [-0.39, 0.29) is 5.41 Å². The Hall–Kier alpha value is -6.84. The summed E-state index contributed by atoms with van der Waals surface area (Å²) in [4.78, 5) is 0. The van der Waals surface area contributed by atoms with Gasteiger partial charge >= 0.3 is 0 Å². The van der Waals surface area contributed by atoms with Crippen LogP contribution in [0.1, 0.15) is 25.0 Å². The summed E-state index contributed by atoms with van der Waals surface area (Å²) in [7, 11) is 0.